The molecule has 421 valence electrons. The number of likely N-dealkylation sites (N-methyl/N-ethyl adjacent to an activating group) is 2. The van der Waals surface area contributed by atoms with E-state index in [4.69, 9.17) is 0 Å². The van der Waals surface area contributed by atoms with Gasteiger partial charge in [-0.2, -0.15) is 6.07 Å². The van der Waals surface area contributed by atoms with E-state index in [-0.39, 0.29) is 49.6 Å². The van der Waals surface area contributed by atoms with Gasteiger partial charge in [0.2, 0.25) is 0 Å². The summed E-state index contributed by atoms with van der Waals surface area (Å²) in [5, 5.41) is 0. The Hall–Kier alpha value is -8.48. The van der Waals surface area contributed by atoms with Crippen molar-refractivity contribution in [2.75, 3.05) is 48.4 Å². The van der Waals surface area contributed by atoms with Gasteiger partial charge in [-0.3, -0.25) is 8.78 Å². The second-order valence-corrected chi connectivity index (χ2v) is 20.1. The Labute approximate surface area is 478 Å². The number of para-hydroxylation sites is 4. The van der Waals surface area contributed by atoms with Gasteiger partial charge in [-0.15, -0.1) is 18.8 Å². The Balaban J connectivity index is 0.000000116. The number of benzene rings is 8. The van der Waals surface area contributed by atoms with Gasteiger partial charge >= 0.3 is 0 Å². The first-order chi connectivity index (χ1) is 38.9. The Morgan fingerprint density at radius 1 is 0.415 bits per heavy atom. The van der Waals surface area contributed by atoms with Crippen molar-refractivity contribution in [3.05, 3.63) is 257 Å². The molecule has 0 N–H and O–H groups in total. The Morgan fingerprint density at radius 2 is 0.902 bits per heavy atom. The third kappa shape index (κ3) is 9.80. The van der Waals surface area contributed by atoms with Crippen LogP contribution < -0.4 is 34.3 Å². The van der Waals surface area contributed by atoms with Crippen molar-refractivity contribution in [2.24, 2.45) is 0 Å². The summed E-state index contributed by atoms with van der Waals surface area (Å²) in [6.07, 6.45) is 8.18. The van der Waals surface area contributed by atoms with E-state index in [0.29, 0.717) is 59.0 Å². The van der Waals surface area contributed by atoms with Crippen LogP contribution in [0, 0.1) is 83.6 Å². The van der Waals surface area contributed by atoms with Crippen molar-refractivity contribution in [3.8, 4) is 0 Å². The molecule has 0 bridgehead atoms. The molecule has 8 nitrogen and oxygen atoms in total. The third-order valence-corrected chi connectivity index (χ3v) is 15.1. The van der Waals surface area contributed by atoms with Crippen LogP contribution in [0.3, 0.4) is 0 Å². The molecule has 7 aliphatic heterocycles. The number of anilines is 10. The van der Waals surface area contributed by atoms with Crippen LogP contribution in [0.1, 0.15) is 22.3 Å². The molecule has 82 heavy (non-hydrogen) atoms. The maximum atomic E-state index is 14.5. The number of halogens is 11. The zero-order valence-electron chi connectivity index (χ0n) is 43.5. The second-order valence-electron chi connectivity index (χ2n) is 20.1. The van der Waals surface area contributed by atoms with Gasteiger partial charge in [0.15, 0.2) is 0 Å². The van der Waals surface area contributed by atoms with Gasteiger partial charge in [0.05, 0.1) is 45.5 Å². The van der Waals surface area contributed by atoms with Gasteiger partial charge in [-0.25, -0.2) is 39.5 Å². The monoisotopic (exact) mass is 1300 g/mol. The fraction of sp³-hybridized carbons (Fsp3) is 0.145. The van der Waals surface area contributed by atoms with Crippen molar-refractivity contribution in [3.63, 3.8) is 0 Å². The quantitative estimate of drug-likeness (QED) is 0.128. The number of rotatable bonds is 3. The summed E-state index contributed by atoms with van der Waals surface area (Å²) in [6, 6.07) is 34.6. The number of nitrogens with zero attached hydrogens (tertiary/aromatic N) is 8. The fourth-order valence-corrected chi connectivity index (χ4v) is 11.6. The van der Waals surface area contributed by atoms with E-state index < -0.39 is 64.3 Å². The zero-order chi connectivity index (χ0) is 56.7. The van der Waals surface area contributed by atoms with Crippen LogP contribution in [0.2, 0.25) is 0 Å². The average Bonchev–Trinajstić information content (AvgIpc) is 2.94. The minimum atomic E-state index is -0.734. The summed E-state index contributed by atoms with van der Waals surface area (Å²) in [4.78, 5) is 14.3. The van der Waals surface area contributed by atoms with E-state index in [0.717, 1.165) is 64.5 Å². The van der Waals surface area contributed by atoms with Gasteiger partial charge in [0, 0.05) is 107 Å². The molecule has 3 atom stereocenters. The molecule has 0 saturated carbocycles. The van der Waals surface area contributed by atoms with E-state index in [1.54, 1.807) is 59.5 Å². The van der Waals surface area contributed by atoms with Crippen molar-refractivity contribution >= 4 is 56.9 Å². The topological polar surface area (TPSA) is 25.9 Å². The zero-order valence-corrected chi connectivity index (χ0v) is 45.9. The predicted molar refractivity (Wildman–Crippen MR) is 290 cm³/mol. The molecule has 1 radical (unpaired) electrons. The van der Waals surface area contributed by atoms with E-state index in [2.05, 4.69) is 11.0 Å². The summed E-state index contributed by atoms with van der Waals surface area (Å²) >= 11 is 0. The number of hydrogen-bond acceptors (Lipinski definition) is 8. The number of aryl methyl sites for hydroxylation is 1. The Morgan fingerprint density at radius 3 is 1.51 bits per heavy atom. The molecule has 0 spiro atoms. The van der Waals surface area contributed by atoms with Crippen molar-refractivity contribution in [1.29, 1.82) is 0 Å². The molecule has 0 fully saturated rings. The molecular weight excluding hydrogens is 1260 g/mol. The van der Waals surface area contributed by atoms with Crippen LogP contribution in [0.15, 0.2) is 158 Å². The van der Waals surface area contributed by atoms with Gasteiger partial charge in [0.1, 0.15) is 70.9 Å². The third-order valence-electron chi connectivity index (χ3n) is 15.1. The summed E-state index contributed by atoms with van der Waals surface area (Å²) in [5.74, 6) is -6.44. The van der Waals surface area contributed by atoms with E-state index in [9.17, 15) is 48.3 Å². The molecule has 3 unspecified atom stereocenters. The molecule has 0 saturated heterocycles. The van der Waals surface area contributed by atoms with Crippen LogP contribution in [0.25, 0.3) is 0 Å². The normalized spacial score (nSPS) is 17.7. The maximum Gasteiger partial charge on any atom is 0.150 e. The van der Waals surface area contributed by atoms with Gasteiger partial charge < -0.3 is 39.2 Å². The van der Waals surface area contributed by atoms with Gasteiger partial charge in [-0.1, -0.05) is 36.0 Å². The summed E-state index contributed by atoms with van der Waals surface area (Å²) in [6.45, 7) is 3.30. The SMILES string of the molecule is CN1C=CN2c3c(F)cc(F)cc3CC12.CN1c2ccccc2N2c3c(F)cc(F)cc3CC12.Cc1ccc(N2C=CN(c3[c-]cc(F)cc3F)[CH-]2)c(F)c1.Fc1ccc(N2c3ccccc3N3c4c(F)cc(F)cc4CC23)c(F)c1.[Ir]. The molecule has 0 aromatic heterocycles. The van der Waals surface area contributed by atoms with Gasteiger partial charge in [0.25, 0.3) is 0 Å². The largest absolute Gasteiger partial charge is 0.498 e. The van der Waals surface area contributed by atoms with Gasteiger partial charge in [-0.05, 0) is 108 Å². The number of fused-ring (bicyclic) bond motifs is 13. The minimum absolute atomic E-state index is 0. The van der Waals surface area contributed by atoms with Crippen LogP contribution in [-0.4, -0.2) is 37.5 Å². The first kappa shape index (κ1) is 55.4. The minimum Gasteiger partial charge on any atom is -0.498 e. The Bertz CT molecular complexity index is 3810. The first-order valence-corrected chi connectivity index (χ1v) is 25.5. The van der Waals surface area contributed by atoms with E-state index >= 15 is 0 Å². The molecule has 8 aromatic rings. The standard InChI is InChI=1S/C20H12F4N2.C16H11F3N2.C15H12F2N2.C11H10F2N2.Ir/c21-12-5-6-16(14(23)9-12)25-17-3-1-2-4-18(17)26-19(25)8-11-7-13(22)10-15(24)20(11)26;1-11-2-4-15(13(18)8-11)20-6-7-21(10-20)16-5-3-12(17)9-14(16)19;1-18-12-4-2-3-5-13(12)19-14(18)7-9-6-10(16)8-11(17)15(9)19;1-14-2-3-15-10(14)5-7-4-8(12)6-9(13)11(7)15;/h1-7,9-10,19H,8H2;2-4,6-10H,1H3;2-6,8,14H,7H2,1H3;2-4,6,10H,5H2,1H3;/q;-2;;;. The van der Waals surface area contributed by atoms with E-state index in [1.165, 1.54) is 52.9 Å². The van der Waals surface area contributed by atoms with Crippen molar-refractivity contribution < 1.29 is 68.4 Å². The summed E-state index contributed by atoms with van der Waals surface area (Å²) in [5.41, 5.74) is 8.23. The van der Waals surface area contributed by atoms with Crippen molar-refractivity contribution in [2.45, 2.75) is 44.7 Å². The first-order valence-electron chi connectivity index (χ1n) is 25.5. The van der Waals surface area contributed by atoms with E-state index in [1.807, 2.05) is 71.5 Å². The number of hydrogen-bond donors (Lipinski definition) is 0. The molecule has 0 aliphatic carbocycles. The molecule has 8 aromatic carbocycles. The van der Waals surface area contributed by atoms with Crippen LogP contribution >= 0.6 is 0 Å². The van der Waals surface area contributed by atoms with Crippen molar-refractivity contribution in [1.82, 2.24) is 4.90 Å². The summed E-state index contributed by atoms with van der Waals surface area (Å²) < 4.78 is 151. The maximum absolute atomic E-state index is 14.5. The Kier molecular flexibility index (Phi) is 14.7. The molecule has 7 heterocycles. The van der Waals surface area contributed by atoms with Crippen LogP contribution in [0.4, 0.5) is 105 Å². The molecule has 0 amide bonds. The molecular formula is C62H45F11IrN8-2. The molecule has 20 heteroatoms. The van der Waals surface area contributed by atoms with Crippen LogP contribution in [0.5, 0.6) is 0 Å². The summed E-state index contributed by atoms with van der Waals surface area (Å²) in [7, 11) is 3.92. The fourth-order valence-electron chi connectivity index (χ4n) is 11.6. The smallest absolute Gasteiger partial charge is 0.150 e. The van der Waals surface area contributed by atoms with Crippen LogP contribution in [-0.2, 0) is 39.4 Å². The molecule has 15 rings (SSSR count). The predicted octanol–water partition coefficient (Wildman–Crippen LogP) is 15.0. The second kappa shape index (κ2) is 21.8. The molecule has 7 aliphatic rings. The average molecular weight is 1300 g/mol.